The number of hydrogen-bond acceptors (Lipinski definition) is 6. The Balaban J connectivity index is 1.44. The second kappa shape index (κ2) is 7.65. The molecule has 2 heterocycles. The summed E-state index contributed by atoms with van der Waals surface area (Å²) >= 11 is 0.908. The molecule has 2 aliphatic carbocycles. The van der Waals surface area contributed by atoms with Gasteiger partial charge in [-0.3, -0.25) is 19.8 Å². The molecule has 0 bridgehead atoms. The smallest absolute Gasteiger partial charge is 0.293 e. The van der Waals surface area contributed by atoms with E-state index < -0.39 is 29.0 Å². The average Bonchev–Trinajstić information content (AvgIpc) is 3.67. The Morgan fingerprint density at radius 1 is 1.24 bits per heavy atom. The van der Waals surface area contributed by atoms with E-state index in [9.17, 15) is 18.8 Å². The predicted molar refractivity (Wildman–Crippen MR) is 123 cm³/mol. The molecule has 0 radical (unpaired) electrons. The molecule has 0 spiro atoms. The number of benzene rings is 1. The first-order valence-corrected chi connectivity index (χ1v) is 11.6. The van der Waals surface area contributed by atoms with Crippen molar-refractivity contribution in [3.63, 3.8) is 0 Å². The van der Waals surface area contributed by atoms with Gasteiger partial charge in [-0.05, 0) is 68.4 Å². The quantitative estimate of drug-likeness (QED) is 0.215. The van der Waals surface area contributed by atoms with Gasteiger partial charge < -0.3 is 20.6 Å². The van der Waals surface area contributed by atoms with Crippen LogP contribution >= 0.6 is 11.8 Å². The molecular formula is C23H22FN5O3S. The Kier molecular flexibility index (Phi) is 5.00. The summed E-state index contributed by atoms with van der Waals surface area (Å²) in [5.41, 5.74) is 2.34. The van der Waals surface area contributed by atoms with Crippen LogP contribution < -0.4 is 10.6 Å². The lowest BCUT2D eigenvalue weighted by molar-refractivity contribution is -0.117. The fraction of sp³-hybridized carbons (Fsp3) is 0.348. The Morgan fingerprint density at radius 3 is 2.58 bits per heavy atom. The molecule has 0 saturated heterocycles. The van der Waals surface area contributed by atoms with Gasteiger partial charge in [-0.2, -0.15) is 0 Å². The van der Waals surface area contributed by atoms with Gasteiger partial charge in [0.2, 0.25) is 0 Å². The highest BCUT2D eigenvalue weighted by atomic mass is 32.2. The van der Waals surface area contributed by atoms with Gasteiger partial charge in [0.05, 0.1) is 21.7 Å². The van der Waals surface area contributed by atoms with Crippen molar-refractivity contribution < 1.29 is 18.8 Å². The number of hydrogen-bond donors (Lipinski definition) is 4. The number of fused-ring (bicyclic) bond motifs is 3. The first-order valence-electron chi connectivity index (χ1n) is 10.7. The second-order valence-electron chi connectivity index (χ2n) is 8.82. The van der Waals surface area contributed by atoms with Gasteiger partial charge >= 0.3 is 0 Å². The van der Waals surface area contributed by atoms with Crippen molar-refractivity contribution in [1.82, 2.24) is 9.88 Å². The summed E-state index contributed by atoms with van der Waals surface area (Å²) in [4.78, 5) is 39.3. The molecule has 2 aromatic rings. The van der Waals surface area contributed by atoms with Crippen LogP contribution in [-0.4, -0.2) is 38.3 Å². The highest BCUT2D eigenvalue weighted by Crippen LogP contribution is 2.54. The number of nitrogens with one attached hydrogen (secondary N) is 4. The maximum Gasteiger partial charge on any atom is 0.293 e. The number of rotatable bonds is 7. The van der Waals surface area contributed by atoms with Crippen LogP contribution in [0.2, 0.25) is 0 Å². The summed E-state index contributed by atoms with van der Waals surface area (Å²) in [6.45, 7) is 1.67. The van der Waals surface area contributed by atoms with E-state index in [1.54, 1.807) is 6.92 Å². The zero-order valence-corrected chi connectivity index (χ0v) is 18.6. The second-order valence-corrected chi connectivity index (χ2v) is 9.70. The Labute approximate surface area is 193 Å². The highest BCUT2D eigenvalue weighted by molar-refractivity contribution is 8.25. The summed E-state index contributed by atoms with van der Waals surface area (Å²) in [6, 6.07) is 5.58. The van der Waals surface area contributed by atoms with Crippen LogP contribution in [0.3, 0.4) is 0 Å². The fourth-order valence-electron chi connectivity index (χ4n) is 4.75. The molecule has 4 N–H and O–H groups in total. The zero-order valence-electron chi connectivity index (χ0n) is 17.8. The highest BCUT2D eigenvalue weighted by Gasteiger charge is 2.52. The normalized spacial score (nSPS) is 20.9. The summed E-state index contributed by atoms with van der Waals surface area (Å²) in [5, 5.41) is 20.8. The third-order valence-electron chi connectivity index (χ3n) is 6.69. The van der Waals surface area contributed by atoms with Crippen LogP contribution in [-0.2, 0) is 11.2 Å². The van der Waals surface area contributed by atoms with Crippen molar-refractivity contribution >= 4 is 45.6 Å². The molecule has 1 aromatic heterocycles. The maximum atomic E-state index is 13.2. The topological polar surface area (TPSA) is 128 Å². The molecule has 3 aliphatic rings. The molecule has 2 amide bonds. The number of amides is 2. The Hall–Kier alpha value is -3.27. The van der Waals surface area contributed by atoms with Crippen LogP contribution in [0.5, 0.6) is 0 Å². The van der Waals surface area contributed by atoms with E-state index in [-0.39, 0.29) is 16.6 Å². The number of thioether (sulfide) groups is 1. The van der Waals surface area contributed by atoms with E-state index in [2.05, 4.69) is 10.6 Å². The van der Waals surface area contributed by atoms with Crippen LogP contribution in [0.1, 0.15) is 57.4 Å². The van der Waals surface area contributed by atoms with E-state index in [1.165, 1.54) is 24.3 Å². The molecular weight excluding hydrogens is 445 g/mol. The minimum absolute atomic E-state index is 0.137. The zero-order chi connectivity index (χ0) is 23.5. The molecule has 5 rings (SSSR count). The van der Waals surface area contributed by atoms with Gasteiger partial charge in [0.15, 0.2) is 0 Å². The lowest BCUT2D eigenvalue weighted by Gasteiger charge is -2.16. The van der Waals surface area contributed by atoms with Crippen molar-refractivity contribution in [2.75, 3.05) is 5.32 Å². The standard InChI is InChI=1S/C23H22FN5O3S/c1-11-17(19(30)21(32)28-23(6-7-23)22(26)33-10-25)16-9-12-8-15(12)29(16)18(11)20(31)27-14-4-2-13(24)3-5-14/h2-5,10,12,15,25-26H,6-9H2,1H3,(H,27,31)(H,28,32). The van der Waals surface area contributed by atoms with Crippen molar-refractivity contribution in [3.8, 4) is 0 Å². The van der Waals surface area contributed by atoms with Gasteiger partial charge in [-0.25, -0.2) is 4.39 Å². The minimum Gasteiger partial charge on any atom is -0.338 e. The van der Waals surface area contributed by atoms with Gasteiger partial charge in [0, 0.05) is 17.4 Å². The first kappa shape index (κ1) is 21.6. The summed E-state index contributed by atoms with van der Waals surface area (Å²) in [5.74, 6) is -1.97. The minimum atomic E-state index is -0.878. The molecule has 10 heteroatoms. The molecule has 1 aromatic carbocycles. The van der Waals surface area contributed by atoms with Crippen LogP contribution in [0, 0.1) is 29.5 Å². The van der Waals surface area contributed by atoms with E-state index in [1.807, 2.05) is 4.57 Å². The first-order chi connectivity index (χ1) is 15.8. The summed E-state index contributed by atoms with van der Waals surface area (Å²) in [6.07, 6.45) is 2.66. The molecule has 8 nitrogen and oxygen atoms in total. The van der Waals surface area contributed by atoms with Gasteiger partial charge in [-0.15, -0.1) is 0 Å². The molecule has 33 heavy (non-hydrogen) atoms. The van der Waals surface area contributed by atoms with Gasteiger partial charge in [0.25, 0.3) is 17.6 Å². The van der Waals surface area contributed by atoms with Crippen molar-refractivity contribution in [1.29, 1.82) is 10.8 Å². The fourth-order valence-corrected chi connectivity index (χ4v) is 5.35. The molecule has 2 unspecified atom stereocenters. The van der Waals surface area contributed by atoms with Gasteiger partial charge in [-0.1, -0.05) is 11.8 Å². The Morgan fingerprint density at radius 2 is 1.94 bits per heavy atom. The Bertz CT molecular complexity index is 1230. The largest absolute Gasteiger partial charge is 0.338 e. The molecule has 2 fully saturated rings. The molecule has 2 atom stereocenters. The van der Waals surface area contributed by atoms with E-state index in [4.69, 9.17) is 10.8 Å². The summed E-state index contributed by atoms with van der Waals surface area (Å²) in [7, 11) is 0. The van der Waals surface area contributed by atoms with Crippen molar-refractivity contribution in [2.24, 2.45) is 5.92 Å². The number of nitrogens with zero attached hydrogens (tertiary/aromatic N) is 1. The van der Waals surface area contributed by atoms with E-state index in [0.29, 0.717) is 47.8 Å². The van der Waals surface area contributed by atoms with Crippen molar-refractivity contribution in [2.45, 2.75) is 44.2 Å². The molecule has 1 aliphatic heterocycles. The SMILES string of the molecule is Cc1c(C(=O)C(=O)NC2(C(=N)SC=N)CC2)c2n(c1C(=O)Nc1ccc(F)cc1)C1CC1C2. The number of Topliss-reactive ketones (excluding diaryl/α,β-unsaturated/α-hetero) is 1. The number of carbonyl (C=O) groups excluding carboxylic acids is 3. The van der Waals surface area contributed by atoms with E-state index >= 15 is 0 Å². The lowest BCUT2D eigenvalue weighted by atomic mass is 10.0. The van der Waals surface area contributed by atoms with Crippen molar-refractivity contribution in [3.05, 3.63) is 52.6 Å². The third-order valence-corrected chi connectivity index (χ3v) is 7.43. The monoisotopic (exact) mass is 467 g/mol. The molecule has 2 saturated carbocycles. The van der Waals surface area contributed by atoms with Gasteiger partial charge in [0.1, 0.15) is 11.5 Å². The maximum absolute atomic E-state index is 13.2. The lowest BCUT2D eigenvalue weighted by Crippen LogP contribution is -2.45. The molecule has 170 valence electrons. The number of halogens is 1. The number of ketones is 1. The van der Waals surface area contributed by atoms with E-state index in [0.717, 1.165) is 23.7 Å². The van der Waals surface area contributed by atoms with Crippen LogP contribution in [0.4, 0.5) is 10.1 Å². The average molecular weight is 468 g/mol. The summed E-state index contributed by atoms with van der Waals surface area (Å²) < 4.78 is 15.1. The van der Waals surface area contributed by atoms with Crippen LogP contribution in [0.15, 0.2) is 24.3 Å². The predicted octanol–water partition coefficient (Wildman–Crippen LogP) is 3.45. The number of carbonyl (C=O) groups is 3. The number of anilines is 1. The number of aromatic nitrogens is 1. The third kappa shape index (κ3) is 3.58. The van der Waals surface area contributed by atoms with Crippen LogP contribution in [0.25, 0.3) is 0 Å².